The summed E-state index contributed by atoms with van der Waals surface area (Å²) in [5.74, 6) is 3.33. The lowest BCUT2D eigenvalue weighted by Gasteiger charge is -2.73. The second kappa shape index (κ2) is 7.09. The molecule has 0 saturated heterocycles. The Bertz CT molecular complexity index is 786. The van der Waals surface area contributed by atoms with Crippen LogP contribution in [-0.2, 0) is 0 Å². The number of rotatable bonds is 2. The first-order valence-electron chi connectivity index (χ1n) is 13.8. The molecule has 32 heavy (non-hydrogen) atoms. The number of aliphatic hydroxyl groups excluding tert-OH is 2. The van der Waals surface area contributed by atoms with Crippen molar-refractivity contribution in [2.75, 3.05) is 6.61 Å². The standard InChI is InChI=1S/C30H50O2/c1-19(2)20-10-15-30(18-31)17-16-28(6)21(25(20)30)8-9-23-27(5)13-12-24(32)26(3,4)22(27)11-14-29(23,28)7/h20-25,31-32H,1,8-18H2,2-7H3/t20-,21?,22?,23?,24-,25?,27?,28+,29?,30?/m0/s1. The van der Waals surface area contributed by atoms with E-state index in [4.69, 9.17) is 0 Å². The van der Waals surface area contributed by atoms with E-state index in [0.717, 1.165) is 18.3 Å². The second-order valence-electron chi connectivity index (χ2n) is 14.6. The molecule has 5 fully saturated rings. The molecule has 0 spiro atoms. The monoisotopic (exact) mass is 442 g/mol. The third kappa shape index (κ3) is 2.66. The van der Waals surface area contributed by atoms with Gasteiger partial charge in [0.1, 0.15) is 0 Å². The molecule has 2 nitrogen and oxygen atoms in total. The van der Waals surface area contributed by atoms with E-state index in [1.54, 1.807) is 0 Å². The Kier molecular flexibility index (Phi) is 5.19. The van der Waals surface area contributed by atoms with E-state index in [9.17, 15) is 10.2 Å². The number of hydrogen-bond acceptors (Lipinski definition) is 2. The van der Waals surface area contributed by atoms with Crippen molar-refractivity contribution >= 4 is 0 Å². The Morgan fingerprint density at radius 2 is 1.53 bits per heavy atom. The summed E-state index contributed by atoms with van der Waals surface area (Å²) in [6, 6.07) is 0. The molecule has 0 aromatic carbocycles. The van der Waals surface area contributed by atoms with E-state index in [-0.39, 0.29) is 16.9 Å². The Balaban J connectivity index is 1.55. The molecule has 182 valence electrons. The summed E-state index contributed by atoms with van der Waals surface area (Å²) in [5, 5.41) is 21.5. The maximum absolute atomic E-state index is 10.9. The molecular weight excluding hydrogens is 392 g/mol. The fourth-order valence-corrected chi connectivity index (χ4v) is 11.5. The molecular formula is C30H50O2. The minimum atomic E-state index is -0.147. The van der Waals surface area contributed by atoms with Gasteiger partial charge in [0.15, 0.2) is 0 Å². The van der Waals surface area contributed by atoms with Crippen molar-refractivity contribution in [1.82, 2.24) is 0 Å². The van der Waals surface area contributed by atoms with E-state index in [1.807, 2.05) is 0 Å². The zero-order valence-electron chi connectivity index (χ0n) is 21.8. The quantitative estimate of drug-likeness (QED) is 0.452. The van der Waals surface area contributed by atoms with Gasteiger partial charge in [-0.25, -0.2) is 0 Å². The molecule has 7 unspecified atom stereocenters. The van der Waals surface area contributed by atoms with Crippen molar-refractivity contribution < 1.29 is 10.2 Å². The van der Waals surface area contributed by atoms with Gasteiger partial charge in [-0.15, -0.1) is 0 Å². The molecule has 0 aromatic heterocycles. The molecule has 5 aliphatic carbocycles. The number of hydrogen-bond donors (Lipinski definition) is 2. The number of aliphatic hydroxyl groups is 2. The summed E-state index contributed by atoms with van der Waals surface area (Å²) in [7, 11) is 0. The van der Waals surface area contributed by atoms with E-state index in [2.05, 4.69) is 48.1 Å². The van der Waals surface area contributed by atoms with Crippen molar-refractivity contribution in [3.8, 4) is 0 Å². The van der Waals surface area contributed by atoms with Gasteiger partial charge in [0, 0.05) is 6.61 Å². The van der Waals surface area contributed by atoms with Gasteiger partial charge in [-0.05, 0) is 128 Å². The lowest BCUT2D eigenvalue weighted by molar-refractivity contribution is -0.249. The topological polar surface area (TPSA) is 40.5 Å². The minimum absolute atomic E-state index is 0.0290. The Labute approximate surface area is 197 Å². The van der Waals surface area contributed by atoms with E-state index in [1.165, 1.54) is 63.4 Å². The van der Waals surface area contributed by atoms with Crippen LogP contribution in [0.25, 0.3) is 0 Å². The van der Waals surface area contributed by atoms with Crippen LogP contribution < -0.4 is 0 Å². The maximum Gasteiger partial charge on any atom is 0.0594 e. The van der Waals surface area contributed by atoms with Gasteiger partial charge in [-0.1, -0.05) is 46.8 Å². The van der Waals surface area contributed by atoms with Gasteiger partial charge in [-0.2, -0.15) is 0 Å². The fraction of sp³-hybridized carbons (Fsp3) is 0.933. The van der Waals surface area contributed by atoms with Crippen LogP contribution in [0.1, 0.15) is 106 Å². The zero-order chi connectivity index (χ0) is 23.3. The summed E-state index contributed by atoms with van der Waals surface area (Å²) in [6.07, 6.45) is 12.2. The fourth-order valence-electron chi connectivity index (χ4n) is 11.5. The van der Waals surface area contributed by atoms with Gasteiger partial charge < -0.3 is 10.2 Å². The highest BCUT2D eigenvalue weighted by Crippen LogP contribution is 2.77. The van der Waals surface area contributed by atoms with Crippen LogP contribution in [0.4, 0.5) is 0 Å². The molecule has 5 saturated carbocycles. The average Bonchev–Trinajstić information content (AvgIpc) is 3.12. The van der Waals surface area contributed by atoms with Crippen LogP contribution >= 0.6 is 0 Å². The first-order chi connectivity index (χ1) is 14.9. The first-order valence-corrected chi connectivity index (χ1v) is 13.8. The van der Waals surface area contributed by atoms with E-state index < -0.39 is 0 Å². The largest absolute Gasteiger partial charge is 0.396 e. The molecule has 2 heteroatoms. The number of fused-ring (bicyclic) bond motifs is 7. The van der Waals surface area contributed by atoms with E-state index >= 15 is 0 Å². The van der Waals surface area contributed by atoms with Crippen molar-refractivity contribution in [3.05, 3.63) is 12.2 Å². The van der Waals surface area contributed by atoms with Crippen LogP contribution in [0.3, 0.4) is 0 Å². The van der Waals surface area contributed by atoms with Crippen LogP contribution in [0.5, 0.6) is 0 Å². The summed E-state index contributed by atoms with van der Waals surface area (Å²) >= 11 is 0. The molecule has 5 rings (SSSR count). The molecule has 10 atom stereocenters. The van der Waals surface area contributed by atoms with Gasteiger partial charge in [0.2, 0.25) is 0 Å². The van der Waals surface area contributed by atoms with Gasteiger partial charge in [0.25, 0.3) is 0 Å². The molecule has 0 amide bonds. The Morgan fingerprint density at radius 1 is 0.812 bits per heavy atom. The average molecular weight is 443 g/mol. The van der Waals surface area contributed by atoms with Gasteiger partial charge >= 0.3 is 0 Å². The van der Waals surface area contributed by atoms with Crippen molar-refractivity contribution in [3.63, 3.8) is 0 Å². The summed E-state index contributed by atoms with van der Waals surface area (Å²) in [4.78, 5) is 0. The normalized spacial score (nSPS) is 56.5. The summed E-state index contributed by atoms with van der Waals surface area (Å²) in [6.45, 7) is 19.7. The summed E-state index contributed by atoms with van der Waals surface area (Å²) in [5.41, 5.74) is 2.60. The third-order valence-corrected chi connectivity index (χ3v) is 13.5. The SMILES string of the molecule is C=C(C)[C@@H]1CCC2(CO)CC[C@]3(C)C(CCC4C5(C)CC[C@H](O)C(C)(C)C5CCC43C)C12. The molecule has 0 bridgehead atoms. The lowest BCUT2D eigenvalue weighted by Crippen LogP contribution is -2.66. The predicted octanol–water partition coefficient (Wildman–Crippen LogP) is 7.00. The van der Waals surface area contributed by atoms with Crippen molar-refractivity contribution in [1.29, 1.82) is 0 Å². The van der Waals surface area contributed by atoms with Gasteiger partial charge in [-0.3, -0.25) is 0 Å². The third-order valence-electron chi connectivity index (χ3n) is 13.5. The molecule has 0 aromatic rings. The maximum atomic E-state index is 10.9. The molecule has 2 N–H and O–H groups in total. The zero-order valence-corrected chi connectivity index (χ0v) is 21.8. The second-order valence-corrected chi connectivity index (χ2v) is 14.6. The highest BCUT2D eigenvalue weighted by atomic mass is 16.3. The molecule has 0 radical (unpaired) electrons. The van der Waals surface area contributed by atoms with Crippen molar-refractivity contribution in [2.45, 2.75) is 112 Å². The first kappa shape index (κ1) is 23.4. The Morgan fingerprint density at radius 3 is 2.19 bits per heavy atom. The highest BCUT2D eigenvalue weighted by molar-refractivity contribution is 5.21. The Hall–Kier alpha value is -0.340. The molecule has 5 aliphatic rings. The van der Waals surface area contributed by atoms with Gasteiger partial charge in [0.05, 0.1) is 6.10 Å². The van der Waals surface area contributed by atoms with Crippen LogP contribution in [0, 0.1) is 56.7 Å². The van der Waals surface area contributed by atoms with E-state index in [0.29, 0.717) is 40.6 Å². The smallest absolute Gasteiger partial charge is 0.0594 e. The number of allylic oxidation sites excluding steroid dienone is 1. The summed E-state index contributed by atoms with van der Waals surface area (Å²) < 4.78 is 0. The predicted molar refractivity (Wildman–Crippen MR) is 132 cm³/mol. The lowest BCUT2D eigenvalue weighted by atomic mass is 9.32. The minimum Gasteiger partial charge on any atom is -0.396 e. The molecule has 0 heterocycles. The van der Waals surface area contributed by atoms with Crippen molar-refractivity contribution in [2.24, 2.45) is 56.7 Å². The highest BCUT2D eigenvalue weighted by Gasteiger charge is 2.70. The van der Waals surface area contributed by atoms with Crippen LogP contribution in [0.15, 0.2) is 12.2 Å². The molecule has 0 aliphatic heterocycles. The van der Waals surface area contributed by atoms with Crippen LogP contribution in [-0.4, -0.2) is 22.9 Å². The van der Waals surface area contributed by atoms with Crippen LogP contribution in [0.2, 0.25) is 0 Å².